The van der Waals surface area contributed by atoms with E-state index >= 15 is 0 Å². The van der Waals surface area contributed by atoms with E-state index in [1.807, 2.05) is 0 Å². The van der Waals surface area contributed by atoms with Crippen LogP contribution in [0, 0.1) is 5.82 Å². The fourth-order valence-electron chi connectivity index (χ4n) is 1.38. The molecule has 1 aromatic heterocycles. The Bertz CT molecular complexity index is 506. The lowest BCUT2D eigenvalue weighted by atomic mass is 10.2. The van der Waals surface area contributed by atoms with E-state index in [0.29, 0.717) is 15.0 Å². The maximum atomic E-state index is 13.4. The summed E-state index contributed by atoms with van der Waals surface area (Å²) in [6.07, 6.45) is 1.51. The van der Waals surface area contributed by atoms with E-state index in [1.165, 1.54) is 23.6 Å². The molecule has 2 N–H and O–H groups in total. The number of nitrogens with one attached hydrogen (secondary N) is 1. The predicted octanol–water partition coefficient (Wildman–Crippen LogP) is 3.08. The molecule has 0 saturated carbocycles. The van der Waals surface area contributed by atoms with Crippen LogP contribution in [0.4, 0.5) is 10.1 Å². The molecular weight excluding hydrogens is 263 g/mol. The van der Waals surface area contributed by atoms with Crippen molar-refractivity contribution in [3.8, 4) is 0 Å². The highest BCUT2D eigenvalue weighted by Gasteiger charge is 2.15. The number of nitrogens with zero attached hydrogens (tertiary/aromatic N) is 1. The number of aliphatic hydroxyl groups excluding tert-OH is 1. The number of rotatable bonds is 4. The summed E-state index contributed by atoms with van der Waals surface area (Å²) >= 11 is 7.02. The highest BCUT2D eigenvalue weighted by atomic mass is 35.5. The van der Waals surface area contributed by atoms with Gasteiger partial charge in [-0.15, -0.1) is 11.3 Å². The number of benzene rings is 1. The summed E-state index contributed by atoms with van der Waals surface area (Å²) in [6, 6.07) is 5.83. The quantitative estimate of drug-likeness (QED) is 0.899. The average Bonchev–Trinajstić information content (AvgIpc) is 2.75. The van der Waals surface area contributed by atoms with Crippen LogP contribution in [-0.2, 0) is 0 Å². The van der Waals surface area contributed by atoms with Gasteiger partial charge < -0.3 is 10.4 Å². The van der Waals surface area contributed by atoms with Gasteiger partial charge in [0.15, 0.2) is 0 Å². The van der Waals surface area contributed by atoms with Gasteiger partial charge >= 0.3 is 0 Å². The number of halogens is 2. The van der Waals surface area contributed by atoms with Crippen LogP contribution in [0.1, 0.15) is 11.0 Å². The van der Waals surface area contributed by atoms with Crippen molar-refractivity contribution in [2.24, 2.45) is 0 Å². The van der Waals surface area contributed by atoms with Gasteiger partial charge in [-0.1, -0.05) is 23.7 Å². The number of anilines is 1. The van der Waals surface area contributed by atoms with Crippen LogP contribution in [0.25, 0.3) is 0 Å². The molecule has 0 bridgehead atoms. The summed E-state index contributed by atoms with van der Waals surface area (Å²) in [5.74, 6) is -0.367. The lowest BCUT2D eigenvalue weighted by Gasteiger charge is -2.15. The number of aliphatic hydroxyl groups is 1. The first-order valence-corrected chi connectivity index (χ1v) is 6.13. The van der Waals surface area contributed by atoms with Crippen LogP contribution >= 0.6 is 22.9 Å². The second kappa shape index (κ2) is 5.44. The van der Waals surface area contributed by atoms with Crippen molar-refractivity contribution in [2.75, 3.05) is 11.9 Å². The molecule has 2 aromatic rings. The fourth-order valence-corrected chi connectivity index (χ4v) is 2.35. The number of aromatic nitrogens is 1. The largest absolute Gasteiger partial charge is 0.394 e. The molecule has 0 aliphatic heterocycles. The first-order chi connectivity index (χ1) is 8.20. The van der Waals surface area contributed by atoms with E-state index in [0.717, 1.165) is 0 Å². The molecule has 90 valence electrons. The van der Waals surface area contributed by atoms with Crippen molar-refractivity contribution in [1.82, 2.24) is 4.98 Å². The first kappa shape index (κ1) is 12.3. The van der Waals surface area contributed by atoms with E-state index in [2.05, 4.69) is 10.3 Å². The van der Waals surface area contributed by atoms with Gasteiger partial charge in [-0.3, -0.25) is 0 Å². The molecule has 6 heteroatoms. The molecule has 1 atom stereocenters. The maximum Gasteiger partial charge on any atom is 0.146 e. The molecule has 1 heterocycles. The molecule has 0 spiro atoms. The van der Waals surface area contributed by atoms with Gasteiger partial charge in [0.05, 0.1) is 18.5 Å². The maximum absolute atomic E-state index is 13.4. The van der Waals surface area contributed by atoms with Crippen LogP contribution in [0.15, 0.2) is 30.5 Å². The molecule has 17 heavy (non-hydrogen) atoms. The van der Waals surface area contributed by atoms with Gasteiger partial charge in [-0.05, 0) is 12.1 Å². The standard InChI is InChI=1S/C11H10ClFN2OS/c12-10-5-14-11(17-10)9(6-16)15-8-4-2-1-3-7(8)13/h1-5,9,15-16H,6H2. The Kier molecular flexibility index (Phi) is 3.93. The third-order valence-electron chi connectivity index (χ3n) is 2.18. The second-order valence-electron chi connectivity index (χ2n) is 3.36. The smallest absolute Gasteiger partial charge is 0.146 e. The van der Waals surface area contributed by atoms with E-state index in [1.54, 1.807) is 18.2 Å². The minimum absolute atomic E-state index is 0.182. The summed E-state index contributed by atoms with van der Waals surface area (Å²) in [5, 5.41) is 12.8. The zero-order valence-electron chi connectivity index (χ0n) is 8.73. The van der Waals surface area contributed by atoms with Gasteiger partial charge in [0.2, 0.25) is 0 Å². The van der Waals surface area contributed by atoms with Crippen molar-refractivity contribution in [1.29, 1.82) is 0 Å². The summed E-state index contributed by atoms with van der Waals surface area (Å²) in [6.45, 7) is -0.182. The van der Waals surface area contributed by atoms with Gasteiger partial charge in [-0.25, -0.2) is 9.37 Å². The first-order valence-electron chi connectivity index (χ1n) is 4.94. The van der Waals surface area contributed by atoms with Gasteiger partial charge in [0, 0.05) is 0 Å². The fraction of sp³-hybridized carbons (Fsp3) is 0.182. The topological polar surface area (TPSA) is 45.1 Å². The average molecular weight is 273 g/mol. The molecule has 0 amide bonds. The van der Waals surface area contributed by atoms with Crippen LogP contribution in [0.5, 0.6) is 0 Å². The number of hydrogen-bond donors (Lipinski definition) is 2. The van der Waals surface area contributed by atoms with Crippen molar-refractivity contribution >= 4 is 28.6 Å². The van der Waals surface area contributed by atoms with Crippen molar-refractivity contribution in [2.45, 2.75) is 6.04 Å². The molecule has 0 radical (unpaired) electrons. The molecule has 2 rings (SSSR count). The number of thiazole rings is 1. The third kappa shape index (κ3) is 2.94. The highest BCUT2D eigenvalue weighted by molar-refractivity contribution is 7.15. The summed E-state index contributed by atoms with van der Waals surface area (Å²) in [5.41, 5.74) is 0.331. The van der Waals surface area contributed by atoms with Crippen LogP contribution in [-0.4, -0.2) is 16.7 Å². The van der Waals surface area contributed by atoms with Crippen molar-refractivity contribution in [3.05, 3.63) is 45.6 Å². The molecule has 0 aliphatic rings. The minimum atomic E-state index is -0.454. The van der Waals surface area contributed by atoms with Crippen LogP contribution < -0.4 is 5.32 Å². The lowest BCUT2D eigenvalue weighted by Crippen LogP contribution is -2.15. The number of hydrogen-bond acceptors (Lipinski definition) is 4. The monoisotopic (exact) mass is 272 g/mol. The Morgan fingerprint density at radius 2 is 2.24 bits per heavy atom. The van der Waals surface area contributed by atoms with Crippen LogP contribution in [0.3, 0.4) is 0 Å². The van der Waals surface area contributed by atoms with E-state index in [9.17, 15) is 9.50 Å². The summed E-state index contributed by atoms with van der Waals surface area (Å²) in [4.78, 5) is 4.05. The normalized spacial score (nSPS) is 12.4. The molecular formula is C11H10ClFN2OS. The molecule has 1 unspecified atom stereocenters. The zero-order valence-corrected chi connectivity index (χ0v) is 10.3. The second-order valence-corrected chi connectivity index (χ2v) is 5.06. The van der Waals surface area contributed by atoms with Crippen LogP contribution in [0.2, 0.25) is 4.34 Å². The molecule has 1 aromatic carbocycles. The van der Waals surface area contributed by atoms with Gasteiger partial charge in [0.25, 0.3) is 0 Å². The molecule has 0 saturated heterocycles. The minimum Gasteiger partial charge on any atom is -0.394 e. The van der Waals surface area contributed by atoms with Gasteiger partial charge in [-0.2, -0.15) is 0 Å². The Balaban J connectivity index is 2.18. The SMILES string of the molecule is OCC(Nc1ccccc1F)c1ncc(Cl)s1. The van der Waals surface area contributed by atoms with E-state index in [-0.39, 0.29) is 12.4 Å². The third-order valence-corrected chi connectivity index (χ3v) is 3.41. The predicted molar refractivity (Wildman–Crippen MR) is 67.0 cm³/mol. The highest BCUT2D eigenvalue weighted by Crippen LogP contribution is 2.27. The Morgan fingerprint density at radius 3 is 2.82 bits per heavy atom. The number of para-hydroxylation sites is 1. The molecule has 0 aliphatic carbocycles. The Hall–Kier alpha value is -1.17. The summed E-state index contributed by atoms with van der Waals surface area (Å²) in [7, 11) is 0. The van der Waals surface area contributed by atoms with E-state index < -0.39 is 6.04 Å². The summed E-state index contributed by atoms with van der Waals surface area (Å²) < 4.78 is 14.0. The van der Waals surface area contributed by atoms with Crippen molar-refractivity contribution < 1.29 is 9.50 Å². The molecule has 0 fully saturated rings. The van der Waals surface area contributed by atoms with Gasteiger partial charge in [0.1, 0.15) is 21.2 Å². The lowest BCUT2D eigenvalue weighted by molar-refractivity contribution is 0.276. The Labute approximate surface area is 107 Å². The Morgan fingerprint density at radius 1 is 1.47 bits per heavy atom. The van der Waals surface area contributed by atoms with E-state index in [4.69, 9.17) is 11.6 Å². The molecule has 3 nitrogen and oxygen atoms in total. The zero-order chi connectivity index (χ0) is 12.3. The van der Waals surface area contributed by atoms with Crippen molar-refractivity contribution in [3.63, 3.8) is 0 Å².